The van der Waals surface area contributed by atoms with Crippen molar-refractivity contribution in [3.05, 3.63) is 16.9 Å². The average molecular weight is 280 g/mol. The summed E-state index contributed by atoms with van der Waals surface area (Å²) in [4.78, 5) is 8.59. The Bertz CT molecular complexity index is 323. The monoisotopic (exact) mass is 279 g/mol. The molecule has 6 heteroatoms. The predicted octanol–water partition coefficient (Wildman–Crippen LogP) is 2.70. The van der Waals surface area contributed by atoms with Crippen molar-refractivity contribution in [2.24, 2.45) is 0 Å². The molecule has 0 bridgehead atoms. The van der Waals surface area contributed by atoms with Crippen LogP contribution < -0.4 is 5.32 Å². The number of rotatable bonds is 2. The molecule has 2 heterocycles. The molecule has 1 N–H and O–H groups in total. The summed E-state index contributed by atoms with van der Waals surface area (Å²) < 4.78 is 0. The molecule has 1 atom stereocenters. The highest BCUT2D eigenvalue weighted by Gasteiger charge is 2.15. The first-order valence-electron chi connectivity index (χ1n) is 5.12. The smallest absolute Gasteiger partial charge is 0.189 e. The number of halogens is 2. The summed E-state index contributed by atoms with van der Waals surface area (Å²) in [5.74, 6) is 0. The van der Waals surface area contributed by atoms with Gasteiger partial charge in [0.2, 0.25) is 0 Å². The van der Waals surface area contributed by atoms with Crippen molar-refractivity contribution >= 4 is 35.8 Å². The lowest BCUT2D eigenvalue weighted by atomic mass is 10.2. The van der Waals surface area contributed by atoms with Crippen LogP contribution in [0, 0.1) is 6.92 Å². The highest BCUT2D eigenvalue weighted by atomic mass is 35.5. The average Bonchev–Trinajstić information content (AvgIpc) is 2.17. The summed E-state index contributed by atoms with van der Waals surface area (Å²) in [6, 6.07) is 1.78. The van der Waals surface area contributed by atoms with Gasteiger partial charge < -0.3 is 5.32 Å². The number of aryl methyl sites for hydroxylation is 1. The van der Waals surface area contributed by atoms with Crippen molar-refractivity contribution in [1.82, 2.24) is 15.3 Å². The highest BCUT2D eigenvalue weighted by Crippen LogP contribution is 2.25. The first-order valence-corrected chi connectivity index (χ1v) is 6.38. The van der Waals surface area contributed by atoms with Gasteiger partial charge in [-0.1, -0.05) is 23.4 Å². The van der Waals surface area contributed by atoms with Crippen molar-refractivity contribution in [1.29, 1.82) is 0 Å². The zero-order valence-corrected chi connectivity index (χ0v) is 11.5. The van der Waals surface area contributed by atoms with E-state index in [9.17, 15) is 0 Å². The van der Waals surface area contributed by atoms with Crippen LogP contribution >= 0.6 is 35.8 Å². The molecule has 0 saturated carbocycles. The molecule has 0 aliphatic carbocycles. The van der Waals surface area contributed by atoms with Crippen molar-refractivity contribution < 1.29 is 0 Å². The summed E-state index contributed by atoms with van der Waals surface area (Å²) in [6.07, 6.45) is 2.46. The second-order valence-electron chi connectivity index (χ2n) is 3.70. The van der Waals surface area contributed by atoms with Crippen LogP contribution in [0.2, 0.25) is 5.15 Å². The second-order valence-corrected chi connectivity index (χ2v) is 5.36. The lowest BCUT2D eigenvalue weighted by Gasteiger charge is -2.21. The van der Waals surface area contributed by atoms with Crippen molar-refractivity contribution in [3.63, 3.8) is 0 Å². The Morgan fingerprint density at radius 1 is 1.50 bits per heavy atom. The fourth-order valence-electron chi connectivity index (χ4n) is 1.63. The molecule has 1 aliphatic heterocycles. The third kappa shape index (κ3) is 4.09. The molecule has 16 heavy (non-hydrogen) atoms. The van der Waals surface area contributed by atoms with Gasteiger partial charge in [0, 0.05) is 17.5 Å². The predicted molar refractivity (Wildman–Crippen MR) is 70.8 cm³/mol. The number of hydrogen-bond acceptors (Lipinski definition) is 4. The van der Waals surface area contributed by atoms with Gasteiger partial charge in [0.25, 0.3) is 0 Å². The molecule has 1 fully saturated rings. The maximum atomic E-state index is 5.89. The Labute approximate surface area is 111 Å². The molecule has 1 aromatic heterocycles. The van der Waals surface area contributed by atoms with E-state index in [-0.39, 0.29) is 12.4 Å². The Balaban J connectivity index is 0.00000128. The van der Waals surface area contributed by atoms with Crippen LogP contribution in [0.4, 0.5) is 0 Å². The molecule has 0 radical (unpaired) electrons. The SMILES string of the molecule is Cc1cc(Cl)nc(SC2CCCNC2)n1.Cl. The molecule has 1 aromatic rings. The van der Waals surface area contributed by atoms with Gasteiger partial charge in [-0.05, 0) is 32.4 Å². The van der Waals surface area contributed by atoms with E-state index in [0.29, 0.717) is 10.4 Å². The molecule has 2 rings (SSSR count). The van der Waals surface area contributed by atoms with Crippen LogP contribution in [-0.4, -0.2) is 28.3 Å². The van der Waals surface area contributed by atoms with Crippen LogP contribution in [0.25, 0.3) is 0 Å². The van der Waals surface area contributed by atoms with E-state index in [1.807, 2.05) is 6.92 Å². The first kappa shape index (κ1) is 14.0. The molecule has 1 unspecified atom stereocenters. The van der Waals surface area contributed by atoms with E-state index in [1.54, 1.807) is 17.8 Å². The second kappa shape index (κ2) is 6.64. The number of nitrogens with zero attached hydrogens (tertiary/aromatic N) is 2. The minimum Gasteiger partial charge on any atom is -0.316 e. The summed E-state index contributed by atoms with van der Waals surface area (Å²) >= 11 is 7.61. The number of aromatic nitrogens is 2. The van der Waals surface area contributed by atoms with Gasteiger partial charge in [-0.2, -0.15) is 0 Å². The molecule has 0 amide bonds. The number of thioether (sulfide) groups is 1. The van der Waals surface area contributed by atoms with Crippen LogP contribution in [0.15, 0.2) is 11.2 Å². The summed E-state index contributed by atoms with van der Waals surface area (Å²) in [7, 11) is 0. The normalized spacial score (nSPS) is 20.2. The number of hydrogen-bond donors (Lipinski definition) is 1. The largest absolute Gasteiger partial charge is 0.316 e. The maximum absolute atomic E-state index is 5.89. The van der Waals surface area contributed by atoms with E-state index in [1.165, 1.54) is 12.8 Å². The molecular formula is C10H15Cl2N3S. The van der Waals surface area contributed by atoms with E-state index >= 15 is 0 Å². The van der Waals surface area contributed by atoms with Crippen molar-refractivity contribution in [3.8, 4) is 0 Å². The Morgan fingerprint density at radius 2 is 2.31 bits per heavy atom. The lowest BCUT2D eigenvalue weighted by molar-refractivity contribution is 0.530. The van der Waals surface area contributed by atoms with Gasteiger partial charge in [-0.15, -0.1) is 12.4 Å². The minimum atomic E-state index is 0. The molecule has 1 saturated heterocycles. The Hall–Kier alpha value is -0.0300. The molecular weight excluding hydrogens is 265 g/mol. The number of nitrogens with one attached hydrogen (secondary N) is 1. The van der Waals surface area contributed by atoms with E-state index < -0.39 is 0 Å². The fraction of sp³-hybridized carbons (Fsp3) is 0.600. The standard InChI is InChI=1S/C10H14ClN3S.ClH/c1-7-5-9(11)14-10(13-7)15-8-3-2-4-12-6-8;/h5,8,12H,2-4,6H2,1H3;1H. The summed E-state index contributed by atoms with van der Waals surface area (Å²) in [5, 5.41) is 5.29. The van der Waals surface area contributed by atoms with Gasteiger partial charge in [0.05, 0.1) is 0 Å². The Morgan fingerprint density at radius 3 is 2.94 bits per heavy atom. The molecule has 0 aromatic carbocycles. The van der Waals surface area contributed by atoms with Crippen LogP contribution in [0.5, 0.6) is 0 Å². The number of piperidine rings is 1. The third-order valence-electron chi connectivity index (χ3n) is 2.33. The van der Waals surface area contributed by atoms with Crippen LogP contribution in [0.1, 0.15) is 18.5 Å². The van der Waals surface area contributed by atoms with Crippen molar-refractivity contribution in [2.45, 2.75) is 30.2 Å². The van der Waals surface area contributed by atoms with E-state index in [2.05, 4.69) is 15.3 Å². The summed E-state index contributed by atoms with van der Waals surface area (Å²) in [6.45, 7) is 4.11. The van der Waals surface area contributed by atoms with E-state index in [4.69, 9.17) is 11.6 Å². The Kier molecular flexibility index (Phi) is 5.83. The van der Waals surface area contributed by atoms with Gasteiger partial charge >= 0.3 is 0 Å². The highest BCUT2D eigenvalue weighted by molar-refractivity contribution is 7.99. The van der Waals surface area contributed by atoms with E-state index in [0.717, 1.165) is 23.9 Å². The van der Waals surface area contributed by atoms with Crippen molar-refractivity contribution in [2.75, 3.05) is 13.1 Å². The molecule has 0 spiro atoms. The summed E-state index contributed by atoms with van der Waals surface area (Å²) in [5.41, 5.74) is 0.932. The van der Waals surface area contributed by atoms with Crippen LogP contribution in [-0.2, 0) is 0 Å². The molecule has 1 aliphatic rings. The lowest BCUT2D eigenvalue weighted by Crippen LogP contribution is -2.31. The molecule has 3 nitrogen and oxygen atoms in total. The van der Waals surface area contributed by atoms with Gasteiger partial charge in [0.1, 0.15) is 5.15 Å². The molecule has 90 valence electrons. The minimum absolute atomic E-state index is 0. The topological polar surface area (TPSA) is 37.8 Å². The zero-order valence-electron chi connectivity index (χ0n) is 9.07. The van der Waals surface area contributed by atoms with Gasteiger partial charge in [-0.25, -0.2) is 9.97 Å². The zero-order chi connectivity index (χ0) is 10.7. The fourth-order valence-corrected chi connectivity index (χ4v) is 3.05. The van der Waals surface area contributed by atoms with Gasteiger partial charge in [0.15, 0.2) is 5.16 Å². The van der Waals surface area contributed by atoms with Crippen LogP contribution in [0.3, 0.4) is 0 Å². The van der Waals surface area contributed by atoms with Gasteiger partial charge in [-0.3, -0.25) is 0 Å². The first-order chi connectivity index (χ1) is 7.24. The third-order valence-corrected chi connectivity index (χ3v) is 3.65. The maximum Gasteiger partial charge on any atom is 0.189 e. The quantitative estimate of drug-likeness (QED) is 0.667.